The molecule has 0 heterocycles. The van der Waals surface area contributed by atoms with E-state index in [0.29, 0.717) is 6.42 Å². The zero-order valence-electron chi connectivity index (χ0n) is 8.07. The molecule has 0 aliphatic carbocycles. The van der Waals surface area contributed by atoms with Gasteiger partial charge in [-0.05, 0) is 25.5 Å². The van der Waals surface area contributed by atoms with Crippen molar-refractivity contribution in [2.75, 3.05) is 0 Å². The molecule has 1 aromatic carbocycles. The van der Waals surface area contributed by atoms with Crippen molar-refractivity contribution < 1.29 is 8.78 Å². The summed E-state index contributed by atoms with van der Waals surface area (Å²) in [7, 11) is 0. The average molecular weight is 220 g/mol. The van der Waals surface area contributed by atoms with Gasteiger partial charge in [0.05, 0.1) is 0 Å². The molecule has 1 aromatic rings. The molecule has 0 radical (unpaired) electrons. The molecular formula is C10H12ClF2N. The molecule has 0 aromatic heterocycles. The summed E-state index contributed by atoms with van der Waals surface area (Å²) in [4.78, 5) is 0. The van der Waals surface area contributed by atoms with Crippen LogP contribution in [0, 0.1) is 11.6 Å². The van der Waals surface area contributed by atoms with E-state index in [1.165, 1.54) is 6.07 Å². The van der Waals surface area contributed by atoms with Gasteiger partial charge in [-0.25, -0.2) is 8.78 Å². The molecule has 1 rings (SSSR count). The Balaban J connectivity index is 3.40. The molecule has 0 saturated heterocycles. The van der Waals surface area contributed by atoms with Crippen molar-refractivity contribution in [1.29, 1.82) is 0 Å². The summed E-state index contributed by atoms with van der Waals surface area (Å²) in [6.07, 6.45) is 0.479. The van der Waals surface area contributed by atoms with Crippen molar-refractivity contribution in [2.24, 2.45) is 5.73 Å². The summed E-state index contributed by atoms with van der Waals surface area (Å²) >= 11 is 5.78. The average Bonchev–Trinajstić information content (AvgIpc) is 2.12. The van der Waals surface area contributed by atoms with Crippen LogP contribution in [0.15, 0.2) is 12.1 Å². The fourth-order valence-corrected chi connectivity index (χ4v) is 1.59. The van der Waals surface area contributed by atoms with Crippen LogP contribution in [-0.4, -0.2) is 0 Å². The van der Waals surface area contributed by atoms with Gasteiger partial charge in [-0.1, -0.05) is 18.5 Å². The van der Waals surface area contributed by atoms with Crippen molar-refractivity contribution >= 4 is 11.6 Å². The fourth-order valence-electron chi connectivity index (χ4n) is 1.23. The third-order valence-corrected chi connectivity index (χ3v) is 2.66. The topological polar surface area (TPSA) is 26.0 Å². The second-order valence-electron chi connectivity index (χ2n) is 3.49. The lowest BCUT2D eigenvalue weighted by Gasteiger charge is -2.25. The molecule has 2 N–H and O–H groups in total. The Bertz CT molecular complexity index is 350. The molecule has 0 bridgehead atoms. The summed E-state index contributed by atoms with van der Waals surface area (Å²) in [6.45, 7) is 3.41. The molecule has 0 saturated carbocycles. The molecule has 0 fully saturated rings. The highest BCUT2D eigenvalue weighted by atomic mass is 35.5. The second-order valence-corrected chi connectivity index (χ2v) is 3.90. The van der Waals surface area contributed by atoms with Crippen LogP contribution in [0.5, 0.6) is 0 Å². The number of rotatable bonds is 2. The summed E-state index contributed by atoms with van der Waals surface area (Å²) in [5.74, 6) is -1.88. The van der Waals surface area contributed by atoms with E-state index in [1.807, 2.05) is 0 Å². The van der Waals surface area contributed by atoms with Crippen LogP contribution < -0.4 is 5.73 Å². The lowest BCUT2D eigenvalue weighted by atomic mass is 9.90. The first-order chi connectivity index (χ1) is 6.40. The molecule has 1 unspecified atom stereocenters. The Kier molecular flexibility index (Phi) is 3.12. The van der Waals surface area contributed by atoms with Gasteiger partial charge in [-0.15, -0.1) is 0 Å². The maximum Gasteiger partial charge on any atom is 0.165 e. The van der Waals surface area contributed by atoms with E-state index in [1.54, 1.807) is 13.8 Å². The number of hydrogen-bond acceptors (Lipinski definition) is 1. The van der Waals surface area contributed by atoms with Crippen molar-refractivity contribution in [3.8, 4) is 0 Å². The Morgan fingerprint density at radius 2 is 2.00 bits per heavy atom. The van der Waals surface area contributed by atoms with E-state index in [9.17, 15) is 8.78 Å². The highest BCUT2D eigenvalue weighted by Crippen LogP contribution is 2.31. The van der Waals surface area contributed by atoms with Crippen LogP contribution in [0.3, 0.4) is 0 Å². The van der Waals surface area contributed by atoms with Gasteiger partial charge < -0.3 is 5.73 Å². The molecule has 0 amide bonds. The first-order valence-corrected chi connectivity index (χ1v) is 4.70. The first-order valence-electron chi connectivity index (χ1n) is 4.33. The number of nitrogens with two attached hydrogens (primary N) is 1. The molecule has 14 heavy (non-hydrogen) atoms. The predicted octanol–water partition coefficient (Wildman–Crippen LogP) is 3.20. The van der Waals surface area contributed by atoms with E-state index in [2.05, 4.69) is 0 Å². The minimum Gasteiger partial charge on any atom is -0.321 e. The zero-order valence-corrected chi connectivity index (χ0v) is 8.83. The van der Waals surface area contributed by atoms with Gasteiger partial charge in [0, 0.05) is 16.1 Å². The van der Waals surface area contributed by atoms with Gasteiger partial charge in [-0.2, -0.15) is 0 Å². The largest absolute Gasteiger partial charge is 0.321 e. The van der Waals surface area contributed by atoms with E-state index < -0.39 is 17.2 Å². The summed E-state index contributed by atoms with van der Waals surface area (Å²) in [5, 5.41) is 0.163. The highest BCUT2D eigenvalue weighted by molar-refractivity contribution is 6.31. The van der Waals surface area contributed by atoms with Crippen LogP contribution >= 0.6 is 11.6 Å². The second kappa shape index (κ2) is 3.83. The zero-order chi connectivity index (χ0) is 10.9. The molecular weight excluding hydrogens is 208 g/mol. The summed E-state index contributed by atoms with van der Waals surface area (Å²) in [6, 6.07) is 2.31. The molecule has 1 atom stereocenters. The van der Waals surface area contributed by atoms with E-state index >= 15 is 0 Å². The van der Waals surface area contributed by atoms with Crippen LogP contribution in [0.4, 0.5) is 8.78 Å². The standard InChI is InChI=1S/C10H12ClF2N/c1-3-10(2,14)8-6(11)4-5-7(12)9(8)13/h4-5H,3,14H2,1-2H3. The van der Waals surface area contributed by atoms with Gasteiger partial charge >= 0.3 is 0 Å². The monoisotopic (exact) mass is 219 g/mol. The van der Waals surface area contributed by atoms with Gasteiger partial charge in [-0.3, -0.25) is 0 Å². The normalized spacial score (nSPS) is 15.3. The molecule has 4 heteroatoms. The van der Waals surface area contributed by atoms with Crippen molar-refractivity contribution in [3.63, 3.8) is 0 Å². The minimum atomic E-state index is -0.954. The third kappa shape index (κ3) is 1.88. The van der Waals surface area contributed by atoms with Gasteiger partial charge in [0.2, 0.25) is 0 Å². The number of hydrogen-bond donors (Lipinski definition) is 1. The summed E-state index contributed by atoms with van der Waals surface area (Å²) < 4.78 is 26.3. The molecule has 1 nitrogen and oxygen atoms in total. The SMILES string of the molecule is CCC(C)(N)c1c(Cl)ccc(F)c1F. The maximum atomic E-state index is 13.4. The van der Waals surface area contributed by atoms with E-state index in [4.69, 9.17) is 17.3 Å². The minimum absolute atomic E-state index is 0.0432. The van der Waals surface area contributed by atoms with Gasteiger partial charge in [0.1, 0.15) is 0 Å². The highest BCUT2D eigenvalue weighted by Gasteiger charge is 2.27. The Morgan fingerprint density at radius 3 is 2.50 bits per heavy atom. The molecule has 0 spiro atoms. The smallest absolute Gasteiger partial charge is 0.165 e. The van der Waals surface area contributed by atoms with E-state index in [-0.39, 0.29) is 10.6 Å². The van der Waals surface area contributed by atoms with Crippen LogP contribution in [0.1, 0.15) is 25.8 Å². The quantitative estimate of drug-likeness (QED) is 0.760. The Labute approximate surface area is 86.9 Å². The van der Waals surface area contributed by atoms with Crippen LogP contribution in [-0.2, 0) is 5.54 Å². The summed E-state index contributed by atoms with van der Waals surface area (Å²) in [5.41, 5.74) is 4.92. The first kappa shape index (κ1) is 11.4. The van der Waals surface area contributed by atoms with Crippen molar-refractivity contribution in [1.82, 2.24) is 0 Å². The molecule has 78 valence electrons. The fraction of sp³-hybridized carbons (Fsp3) is 0.400. The number of halogens is 3. The predicted molar refractivity (Wildman–Crippen MR) is 53.2 cm³/mol. The lowest BCUT2D eigenvalue weighted by molar-refractivity contribution is 0.422. The van der Waals surface area contributed by atoms with Crippen molar-refractivity contribution in [2.45, 2.75) is 25.8 Å². The maximum absolute atomic E-state index is 13.4. The van der Waals surface area contributed by atoms with Crippen molar-refractivity contribution in [3.05, 3.63) is 34.4 Å². The molecule has 0 aliphatic heterocycles. The van der Waals surface area contributed by atoms with Crippen LogP contribution in [0.2, 0.25) is 5.02 Å². The lowest BCUT2D eigenvalue weighted by Crippen LogP contribution is -2.33. The Hall–Kier alpha value is -0.670. The van der Waals surface area contributed by atoms with Gasteiger partial charge in [0.15, 0.2) is 11.6 Å². The van der Waals surface area contributed by atoms with Crippen LogP contribution in [0.25, 0.3) is 0 Å². The third-order valence-electron chi connectivity index (χ3n) is 2.35. The number of benzene rings is 1. The molecule has 0 aliphatic rings. The van der Waals surface area contributed by atoms with E-state index in [0.717, 1.165) is 6.07 Å². The van der Waals surface area contributed by atoms with Gasteiger partial charge in [0.25, 0.3) is 0 Å². The Morgan fingerprint density at radius 1 is 1.43 bits per heavy atom.